The Morgan fingerprint density at radius 2 is 1.59 bits per heavy atom. The number of nitrogens with two attached hydrogens (primary N) is 1. The van der Waals surface area contributed by atoms with Crippen molar-refractivity contribution in [1.82, 2.24) is 9.97 Å². The average Bonchev–Trinajstić information content (AvgIpc) is 2.68. The fourth-order valence-corrected chi connectivity index (χ4v) is 4.37. The zero-order chi connectivity index (χ0) is 21.3. The number of primary amides is 1. The Labute approximate surface area is 171 Å². The molecule has 29 heavy (non-hydrogen) atoms. The molecule has 0 saturated heterocycles. The van der Waals surface area contributed by atoms with Gasteiger partial charge in [0.15, 0.2) is 0 Å². The zero-order valence-electron chi connectivity index (χ0n) is 17.5. The second kappa shape index (κ2) is 7.93. The first-order chi connectivity index (χ1) is 13.6. The topological polar surface area (TPSA) is 106 Å². The predicted octanol–water partition coefficient (Wildman–Crippen LogP) is 4.24. The fourth-order valence-electron chi connectivity index (χ4n) is 4.37. The first-order valence-corrected chi connectivity index (χ1v) is 10.1. The van der Waals surface area contributed by atoms with Crippen LogP contribution in [0.3, 0.4) is 0 Å². The number of hydrogen-bond acceptors (Lipinski definition) is 4. The molecule has 0 radical (unpaired) electrons. The molecule has 1 fully saturated rings. The van der Waals surface area contributed by atoms with Crippen LogP contribution in [0.5, 0.6) is 0 Å². The number of rotatable bonds is 5. The van der Waals surface area contributed by atoms with Gasteiger partial charge in [-0.2, -0.15) is 0 Å². The zero-order valence-corrected chi connectivity index (χ0v) is 17.5. The third-order valence-electron chi connectivity index (χ3n) is 6.43. The van der Waals surface area contributed by atoms with Gasteiger partial charge in [-0.15, -0.1) is 0 Å². The van der Waals surface area contributed by atoms with E-state index in [1.165, 1.54) is 5.56 Å². The Morgan fingerprint density at radius 1 is 1.00 bits per heavy atom. The summed E-state index contributed by atoms with van der Waals surface area (Å²) in [6, 6.07) is 8.24. The molecule has 1 aromatic carbocycles. The van der Waals surface area contributed by atoms with E-state index in [9.17, 15) is 14.7 Å². The van der Waals surface area contributed by atoms with Crippen LogP contribution in [0.15, 0.2) is 24.3 Å². The highest BCUT2D eigenvalue weighted by molar-refractivity contribution is 5.92. The van der Waals surface area contributed by atoms with Gasteiger partial charge >= 0.3 is 5.97 Å². The number of hydrogen-bond donors (Lipinski definition) is 2. The second-order valence-electron chi connectivity index (χ2n) is 8.65. The summed E-state index contributed by atoms with van der Waals surface area (Å²) >= 11 is 0. The van der Waals surface area contributed by atoms with Gasteiger partial charge < -0.3 is 10.8 Å². The van der Waals surface area contributed by atoms with Crippen molar-refractivity contribution in [3.8, 4) is 11.3 Å². The van der Waals surface area contributed by atoms with Crippen LogP contribution in [0.2, 0.25) is 0 Å². The lowest BCUT2D eigenvalue weighted by Gasteiger charge is -2.36. The van der Waals surface area contributed by atoms with Gasteiger partial charge in [0.1, 0.15) is 5.69 Å². The average molecular weight is 396 g/mol. The largest absolute Gasteiger partial charge is 0.481 e. The smallest absolute Gasteiger partial charge is 0.309 e. The van der Waals surface area contributed by atoms with Gasteiger partial charge in [0.05, 0.1) is 22.5 Å². The number of amides is 1. The molecule has 0 spiro atoms. The molecule has 0 atom stereocenters. The van der Waals surface area contributed by atoms with E-state index in [4.69, 9.17) is 5.73 Å². The number of carboxylic acids is 1. The molecule has 3 N–H and O–H groups in total. The number of carbonyl (C=O) groups excluding carboxylic acids is 1. The number of benzene rings is 1. The van der Waals surface area contributed by atoms with Crippen LogP contribution < -0.4 is 5.73 Å². The van der Waals surface area contributed by atoms with E-state index >= 15 is 0 Å². The maximum Gasteiger partial charge on any atom is 0.309 e. The fraction of sp³-hybridized carbons (Fsp3) is 0.478. The van der Waals surface area contributed by atoms with Gasteiger partial charge in [-0.05, 0) is 70.8 Å². The van der Waals surface area contributed by atoms with Crippen LogP contribution in [0.25, 0.3) is 11.3 Å². The third-order valence-corrected chi connectivity index (χ3v) is 6.43. The minimum absolute atomic E-state index is 0.203. The lowest BCUT2D eigenvalue weighted by molar-refractivity contribution is -0.150. The lowest BCUT2D eigenvalue weighted by Crippen LogP contribution is -2.35. The highest BCUT2D eigenvalue weighted by Crippen LogP contribution is 2.43. The van der Waals surface area contributed by atoms with Crippen molar-refractivity contribution in [3.63, 3.8) is 0 Å². The molecule has 6 heteroatoms. The third kappa shape index (κ3) is 4.16. The Kier molecular flexibility index (Phi) is 5.73. The van der Waals surface area contributed by atoms with Gasteiger partial charge in [0, 0.05) is 5.56 Å². The molecule has 0 unspecified atom stereocenters. The second-order valence-corrected chi connectivity index (χ2v) is 8.65. The first kappa shape index (κ1) is 21.0. The maximum absolute atomic E-state index is 11.6. The Balaban J connectivity index is 1.76. The maximum atomic E-state index is 11.6. The van der Waals surface area contributed by atoms with E-state index in [1.54, 1.807) is 6.92 Å². The number of nitrogens with zero attached hydrogens (tertiary/aromatic N) is 2. The minimum atomic E-state index is -0.713. The molecular weight excluding hydrogens is 366 g/mol. The SMILES string of the molecule is Cc1nc(C)c(-c2ccc(C3CCC(C(C)(C)C(=O)O)CC3)cc2)nc1C(N)=O. The highest BCUT2D eigenvalue weighted by atomic mass is 16.4. The van der Waals surface area contributed by atoms with Crippen LogP contribution in [0.4, 0.5) is 0 Å². The summed E-state index contributed by atoms with van der Waals surface area (Å²) in [6.45, 7) is 7.27. The summed E-state index contributed by atoms with van der Waals surface area (Å²) in [5.74, 6) is -0.631. The molecule has 154 valence electrons. The Bertz CT molecular complexity index is 927. The van der Waals surface area contributed by atoms with Gasteiger partial charge in [-0.3, -0.25) is 14.6 Å². The summed E-state index contributed by atoms with van der Waals surface area (Å²) < 4.78 is 0. The van der Waals surface area contributed by atoms with Crippen molar-refractivity contribution in [2.75, 3.05) is 0 Å². The van der Waals surface area contributed by atoms with Crippen LogP contribution in [0, 0.1) is 25.2 Å². The standard InChI is InChI=1S/C23H29N3O3/c1-13-19(26-20(21(24)27)14(2)25-13)17-7-5-15(6-8-17)16-9-11-18(12-10-16)23(3,4)22(28)29/h5-8,16,18H,9-12H2,1-4H3,(H2,24,27)(H,28,29). The van der Waals surface area contributed by atoms with Crippen LogP contribution >= 0.6 is 0 Å². The molecular formula is C23H29N3O3. The van der Waals surface area contributed by atoms with Crippen molar-refractivity contribution in [3.05, 3.63) is 46.9 Å². The molecule has 1 amide bonds. The highest BCUT2D eigenvalue weighted by Gasteiger charge is 2.38. The predicted molar refractivity (Wildman–Crippen MR) is 112 cm³/mol. The van der Waals surface area contributed by atoms with Crippen molar-refractivity contribution in [2.45, 2.75) is 59.3 Å². The molecule has 0 aliphatic heterocycles. The number of aromatic nitrogens is 2. The summed E-state index contributed by atoms with van der Waals surface area (Å²) in [5, 5.41) is 9.47. The Morgan fingerprint density at radius 3 is 2.10 bits per heavy atom. The van der Waals surface area contributed by atoms with Crippen molar-refractivity contribution in [1.29, 1.82) is 0 Å². The molecule has 1 saturated carbocycles. The summed E-state index contributed by atoms with van der Waals surface area (Å²) in [4.78, 5) is 32.0. The van der Waals surface area contributed by atoms with E-state index in [1.807, 2.05) is 32.9 Å². The number of carbonyl (C=O) groups is 2. The molecule has 1 aromatic heterocycles. The Hall–Kier alpha value is -2.76. The molecule has 0 bridgehead atoms. The summed E-state index contributed by atoms with van der Waals surface area (Å²) in [5.41, 5.74) is 9.08. The first-order valence-electron chi connectivity index (χ1n) is 10.1. The number of aliphatic carboxylic acids is 1. The lowest BCUT2D eigenvalue weighted by atomic mass is 9.68. The summed E-state index contributed by atoms with van der Waals surface area (Å²) in [7, 11) is 0. The van der Waals surface area contributed by atoms with Crippen LogP contribution in [-0.2, 0) is 4.79 Å². The molecule has 1 aliphatic rings. The quantitative estimate of drug-likeness (QED) is 0.787. The monoisotopic (exact) mass is 395 g/mol. The van der Waals surface area contributed by atoms with E-state index < -0.39 is 17.3 Å². The molecule has 3 rings (SSSR count). The summed E-state index contributed by atoms with van der Waals surface area (Å²) in [6.07, 6.45) is 3.85. The number of aryl methyl sites for hydroxylation is 2. The normalized spacial score (nSPS) is 19.7. The molecule has 1 heterocycles. The van der Waals surface area contributed by atoms with Gasteiger partial charge in [0.25, 0.3) is 5.91 Å². The van der Waals surface area contributed by atoms with E-state index in [0.29, 0.717) is 17.3 Å². The van der Waals surface area contributed by atoms with Gasteiger partial charge in [0.2, 0.25) is 0 Å². The van der Waals surface area contributed by atoms with E-state index in [2.05, 4.69) is 22.1 Å². The van der Waals surface area contributed by atoms with Crippen molar-refractivity contribution in [2.24, 2.45) is 17.1 Å². The van der Waals surface area contributed by atoms with E-state index in [-0.39, 0.29) is 11.6 Å². The van der Waals surface area contributed by atoms with E-state index in [0.717, 1.165) is 36.9 Å². The molecule has 2 aromatic rings. The minimum Gasteiger partial charge on any atom is -0.481 e. The van der Waals surface area contributed by atoms with Crippen molar-refractivity contribution >= 4 is 11.9 Å². The number of carboxylic acid groups (broad SMARTS) is 1. The van der Waals surface area contributed by atoms with Crippen molar-refractivity contribution < 1.29 is 14.7 Å². The van der Waals surface area contributed by atoms with Gasteiger partial charge in [-0.25, -0.2) is 4.98 Å². The van der Waals surface area contributed by atoms with Crippen LogP contribution in [0.1, 0.15) is 72.9 Å². The van der Waals surface area contributed by atoms with Crippen LogP contribution in [-0.4, -0.2) is 27.0 Å². The van der Waals surface area contributed by atoms with Gasteiger partial charge in [-0.1, -0.05) is 24.3 Å². The molecule has 6 nitrogen and oxygen atoms in total. The molecule has 1 aliphatic carbocycles.